The fraction of sp³-hybridized carbons (Fsp3) is 0.562. The molecule has 0 saturated heterocycles. The van der Waals surface area contributed by atoms with Crippen molar-refractivity contribution in [3.8, 4) is 11.5 Å². The number of rotatable bonds is 2. The summed E-state index contributed by atoms with van der Waals surface area (Å²) < 4.78 is 12.2. The van der Waals surface area contributed by atoms with E-state index in [4.69, 9.17) is 9.47 Å². The molecule has 0 amide bonds. The molecule has 1 fully saturated rings. The molecule has 1 aromatic carbocycles. The number of carboxylic acid groups (broad SMARTS) is 1. The second-order valence-corrected chi connectivity index (χ2v) is 6.63. The zero-order valence-corrected chi connectivity index (χ0v) is 13.4. The molecule has 5 heteroatoms. The van der Waals surface area contributed by atoms with E-state index in [9.17, 15) is 9.90 Å². The van der Waals surface area contributed by atoms with Crippen molar-refractivity contribution in [2.24, 2.45) is 0 Å². The molecule has 1 N–H and O–H groups in total. The molecule has 1 aliphatic heterocycles. The van der Waals surface area contributed by atoms with Gasteiger partial charge < -0.3 is 14.6 Å². The molecule has 0 bridgehead atoms. The summed E-state index contributed by atoms with van der Waals surface area (Å²) >= 11 is 3.54. The van der Waals surface area contributed by atoms with E-state index in [1.807, 2.05) is 12.1 Å². The monoisotopic (exact) mass is 354 g/mol. The highest BCUT2D eigenvalue weighted by atomic mass is 79.9. The zero-order chi connectivity index (χ0) is 14.9. The third-order valence-corrected chi connectivity index (χ3v) is 5.13. The molecular formula is C16H19BrO4. The molecule has 1 saturated carbocycles. The van der Waals surface area contributed by atoms with Gasteiger partial charge in [0.05, 0.1) is 18.6 Å². The zero-order valence-electron chi connectivity index (χ0n) is 11.9. The fourth-order valence-corrected chi connectivity index (χ4v) is 4.01. The van der Waals surface area contributed by atoms with E-state index < -0.39 is 11.4 Å². The van der Waals surface area contributed by atoms with E-state index in [-0.39, 0.29) is 0 Å². The minimum atomic E-state index is -0.804. The Balaban J connectivity index is 2.07. The SMILES string of the molecule is O=C(O)C1(c2cc3c(cc2Br)OCCCO3)CCCCC1. The van der Waals surface area contributed by atoms with Crippen LogP contribution < -0.4 is 9.47 Å². The van der Waals surface area contributed by atoms with Crippen molar-refractivity contribution < 1.29 is 19.4 Å². The van der Waals surface area contributed by atoms with Crippen LogP contribution in [-0.4, -0.2) is 24.3 Å². The van der Waals surface area contributed by atoms with Crippen molar-refractivity contribution in [1.82, 2.24) is 0 Å². The first-order valence-electron chi connectivity index (χ1n) is 7.46. The first-order valence-corrected chi connectivity index (χ1v) is 8.26. The van der Waals surface area contributed by atoms with Crippen LogP contribution in [0.15, 0.2) is 16.6 Å². The molecule has 0 atom stereocenters. The van der Waals surface area contributed by atoms with Gasteiger partial charge in [-0.15, -0.1) is 0 Å². The van der Waals surface area contributed by atoms with Gasteiger partial charge in [0.25, 0.3) is 0 Å². The van der Waals surface area contributed by atoms with Crippen molar-refractivity contribution in [2.75, 3.05) is 13.2 Å². The van der Waals surface area contributed by atoms with E-state index >= 15 is 0 Å². The molecule has 0 spiro atoms. The van der Waals surface area contributed by atoms with Gasteiger partial charge in [0, 0.05) is 10.9 Å². The molecule has 21 heavy (non-hydrogen) atoms. The number of carbonyl (C=O) groups is 1. The summed E-state index contributed by atoms with van der Waals surface area (Å²) in [5.41, 5.74) is 0.0147. The van der Waals surface area contributed by atoms with Crippen LogP contribution in [0.25, 0.3) is 0 Å². The molecule has 3 rings (SSSR count). The molecule has 1 aliphatic carbocycles. The van der Waals surface area contributed by atoms with Gasteiger partial charge >= 0.3 is 5.97 Å². The van der Waals surface area contributed by atoms with Crippen molar-refractivity contribution in [3.05, 3.63) is 22.2 Å². The van der Waals surface area contributed by atoms with Gasteiger partial charge in [0.2, 0.25) is 0 Å². The lowest BCUT2D eigenvalue weighted by Crippen LogP contribution is -2.38. The Morgan fingerprint density at radius 2 is 1.67 bits per heavy atom. The van der Waals surface area contributed by atoms with Gasteiger partial charge in [-0.05, 0) is 30.5 Å². The normalized spacial score (nSPS) is 20.6. The molecule has 1 aromatic rings. The molecule has 0 aromatic heterocycles. The smallest absolute Gasteiger partial charge is 0.314 e. The second-order valence-electron chi connectivity index (χ2n) is 5.78. The minimum absolute atomic E-state index is 0.605. The molecule has 0 unspecified atom stereocenters. The number of aliphatic carboxylic acids is 1. The third-order valence-electron chi connectivity index (χ3n) is 4.47. The first kappa shape index (κ1) is 14.7. The van der Waals surface area contributed by atoms with E-state index in [1.54, 1.807) is 0 Å². The van der Waals surface area contributed by atoms with Crippen molar-refractivity contribution in [1.29, 1.82) is 0 Å². The maximum absolute atomic E-state index is 12.0. The minimum Gasteiger partial charge on any atom is -0.490 e. The summed E-state index contributed by atoms with van der Waals surface area (Å²) in [6, 6.07) is 3.72. The summed E-state index contributed by atoms with van der Waals surface area (Å²) in [4.78, 5) is 12.0. The Morgan fingerprint density at radius 1 is 1.05 bits per heavy atom. The fourth-order valence-electron chi connectivity index (χ4n) is 3.30. The van der Waals surface area contributed by atoms with Crippen molar-refractivity contribution >= 4 is 21.9 Å². The van der Waals surface area contributed by atoms with E-state index in [2.05, 4.69) is 15.9 Å². The summed E-state index contributed by atoms with van der Waals surface area (Å²) in [5, 5.41) is 9.83. The molecular weight excluding hydrogens is 336 g/mol. The second kappa shape index (κ2) is 5.87. The lowest BCUT2D eigenvalue weighted by molar-refractivity contribution is -0.145. The van der Waals surface area contributed by atoms with Crippen molar-refractivity contribution in [2.45, 2.75) is 43.9 Å². The van der Waals surface area contributed by atoms with Gasteiger partial charge in [-0.2, -0.15) is 0 Å². The molecule has 0 radical (unpaired) electrons. The number of halogens is 1. The highest BCUT2D eigenvalue weighted by Crippen LogP contribution is 2.46. The number of hydrogen-bond donors (Lipinski definition) is 1. The van der Waals surface area contributed by atoms with Crippen LogP contribution in [0.2, 0.25) is 0 Å². The van der Waals surface area contributed by atoms with Crippen LogP contribution in [-0.2, 0) is 10.2 Å². The lowest BCUT2D eigenvalue weighted by Gasteiger charge is -2.34. The van der Waals surface area contributed by atoms with Gasteiger partial charge in [0.1, 0.15) is 0 Å². The van der Waals surface area contributed by atoms with Crippen LogP contribution in [0.3, 0.4) is 0 Å². The van der Waals surface area contributed by atoms with Crippen LogP contribution >= 0.6 is 15.9 Å². The highest BCUT2D eigenvalue weighted by molar-refractivity contribution is 9.10. The van der Waals surface area contributed by atoms with Crippen LogP contribution in [0.4, 0.5) is 0 Å². The predicted octanol–water partition coefficient (Wildman–Crippen LogP) is 3.90. The maximum Gasteiger partial charge on any atom is 0.314 e. The van der Waals surface area contributed by atoms with Crippen LogP contribution in [0.5, 0.6) is 11.5 Å². The average Bonchev–Trinajstić information content (AvgIpc) is 2.71. The van der Waals surface area contributed by atoms with Gasteiger partial charge in [-0.1, -0.05) is 35.2 Å². The number of fused-ring (bicyclic) bond motifs is 1. The maximum atomic E-state index is 12.0. The van der Waals surface area contributed by atoms with Crippen LogP contribution in [0, 0.1) is 0 Å². The molecule has 1 heterocycles. The van der Waals surface area contributed by atoms with Gasteiger partial charge in [-0.25, -0.2) is 0 Å². The Labute approximate surface area is 132 Å². The first-order chi connectivity index (χ1) is 10.1. The quantitative estimate of drug-likeness (QED) is 0.874. The molecule has 2 aliphatic rings. The van der Waals surface area contributed by atoms with Crippen LogP contribution in [0.1, 0.15) is 44.1 Å². The number of benzene rings is 1. The van der Waals surface area contributed by atoms with Gasteiger partial charge in [0.15, 0.2) is 11.5 Å². The largest absolute Gasteiger partial charge is 0.490 e. The van der Waals surface area contributed by atoms with E-state index in [0.29, 0.717) is 37.6 Å². The number of carboxylic acids is 1. The van der Waals surface area contributed by atoms with E-state index in [0.717, 1.165) is 35.7 Å². The topological polar surface area (TPSA) is 55.8 Å². The van der Waals surface area contributed by atoms with E-state index in [1.165, 1.54) is 0 Å². The Hall–Kier alpha value is -1.23. The lowest BCUT2D eigenvalue weighted by atomic mass is 9.69. The standard InChI is InChI=1S/C16H19BrO4/c17-12-10-14-13(20-7-4-8-21-14)9-11(12)16(15(18)19)5-2-1-3-6-16/h9-10H,1-8H2,(H,18,19). The summed E-state index contributed by atoms with van der Waals surface area (Å²) in [6.07, 6.45) is 5.21. The molecule has 4 nitrogen and oxygen atoms in total. The average molecular weight is 355 g/mol. The highest BCUT2D eigenvalue weighted by Gasteiger charge is 2.43. The Morgan fingerprint density at radius 3 is 2.29 bits per heavy atom. The Kier molecular flexibility index (Phi) is 4.11. The van der Waals surface area contributed by atoms with Gasteiger partial charge in [-0.3, -0.25) is 4.79 Å². The predicted molar refractivity (Wildman–Crippen MR) is 82.1 cm³/mol. The summed E-state index contributed by atoms with van der Waals surface area (Å²) in [6.45, 7) is 1.23. The number of ether oxygens (including phenoxy) is 2. The Bertz CT molecular complexity index is 549. The summed E-state index contributed by atoms with van der Waals surface area (Å²) in [7, 11) is 0. The van der Waals surface area contributed by atoms with Crippen molar-refractivity contribution in [3.63, 3.8) is 0 Å². The number of hydrogen-bond acceptors (Lipinski definition) is 3. The molecule has 114 valence electrons. The summed E-state index contributed by atoms with van der Waals surface area (Å²) in [5.74, 6) is 0.619. The third kappa shape index (κ3) is 2.63.